The third-order valence-electron chi connectivity index (χ3n) is 6.20. The van der Waals surface area contributed by atoms with Gasteiger partial charge in [0.1, 0.15) is 0 Å². The summed E-state index contributed by atoms with van der Waals surface area (Å²) in [5, 5.41) is 0. The summed E-state index contributed by atoms with van der Waals surface area (Å²) >= 11 is 0. The fourth-order valence-electron chi connectivity index (χ4n) is 4.51. The van der Waals surface area contributed by atoms with E-state index in [1.165, 1.54) is 62.7 Å². The smallest absolute Gasteiger partial charge is 0.210 e. The van der Waals surface area contributed by atoms with Crippen LogP contribution in [0.25, 0.3) is 0 Å². The molecule has 1 saturated heterocycles. The fraction of sp³-hybridized carbons (Fsp3) is 0.700. The molecule has 4 heteroatoms. The van der Waals surface area contributed by atoms with E-state index in [1.807, 2.05) is 7.11 Å². The van der Waals surface area contributed by atoms with Crippen LogP contribution in [0, 0.1) is 23.5 Å². The predicted molar refractivity (Wildman–Crippen MR) is 95.4 cm³/mol. The first-order valence-electron chi connectivity index (χ1n) is 9.49. The van der Waals surface area contributed by atoms with Crippen LogP contribution in [0.1, 0.15) is 62.8 Å². The standard InChI is InChI=1S/C20H29F2OSi/c1-23-24-12-10-16(11-13-24)3-2-15-4-6-17(7-5-15)18-8-9-19(21)20(22)14-18/h8-9,14-17H,2-7,10-13H2,1H3. The van der Waals surface area contributed by atoms with Crippen LogP contribution in [0.5, 0.6) is 0 Å². The summed E-state index contributed by atoms with van der Waals surface area (Å²) in [6, 6.07) is 7.09. The molecule has 1 heterocycles. The summed E-state index contributed by atoms with van der Waals surface area (Å²) in [4.78, 5) is 0. The summed E-state index contributed by atoms with van der Waals surface area (Å²) in [5.74, 6) is 0.721. The summed E-state index contributed by atoms with van der Waals surface area (Å²) < 4.78 is 32.0. The molecule has 0 unspecified atom stereocenters. The highest BCUT2D eigenvalue weighted by atomic mass is 28.3. The first-order valence-corrected chi connectivity index (χ1v) is 11.3. The topological polar surface area (TPSA) is 9.23 Å². The number of rotatable bonds is 5. The molecule has 0 bridgehead atoms. The largest absolute Gasteiger partial charge is 0.420 e. The van der Waals surface area contributed by atoms with Crippen molar-refractivity contribution in [1.29, 1.82) is 0 Å². The number of hydrogen-bond donors (Lipinski definition) is 0. The second-order valence-corrected chi connectivity index (χ2v) is 10.1. The van der Waals surface area contributed by atoms with Gasteiger partial charge in [0.2, 0.25) is 9.04 Å². The lowest BCUT2D eigenvalue weighted by atomic mass is 9.76. The van der Waals surface area contributed by atoms with Crippen LogP contribution >= 0.6 is 0 Å². The number of hydrogen-bond acceptors (Lipinski definition) is 1. The Morgan fingerprint density at radius 3 is 2.12 bits per heavy atom. The molecule has 1 saturated carbocycles. The monoisotopic (exact) mass is 351 g/mol. The lowest BCUT2D eigenvalue weighted by Gasteiger charge is -2.31. The average molecular weight is 352 g/mol. The first kappa shape index (κ1) is 18.1. The van der Waals surface area contributed by atoms with Crippen LogP contribution in [0.15, 0.2) is 18.2 Å². The first-order chi connectivity index (χ1) is 11.7. The molecule has 1 aliphatic heterocycles. The maximum Gasteiger partial charge on any atom is 0.210 e. The van der Waals surface area contributed by atoms with Gasteiger partial charge in [0.25, 0.3) is 0 Å². The Kier molecular flexibility index (Phi) is 6.45. The molecular weight excluding hydrogens is 322 g/mol. The van der Waals surface area contributed by atoms with Gasteiger partial charge in [0.05, 0.1) is 0 Å². The minimum absolute atomic E-state index is 0.415. The highest BCUT2D eigenvalue weighted by molar-refractivity contribution is 6.51. The van der Waals surface area contributed by atoms with Crippen molar-refractivity contribution in [2.75, 3.05) is 7.11 Å². The van der Waals surface area contributed by atoms with E-state index >= 15 is 0 Å². The van der Waals surface area contributed by atoms with E-state index in [-0.39, 0.29) is 0 Å². The van der Waals surface area contributed by atoms with Crippen molar-refractivity contribution < 1.29 is 13.2 Å². The van der Waals surface area contributed by atoms with Gasteiger partial charge >= 0.3 is 0 Å². The van der Waals surface area contributed by atoms with Gasteiger partial charge in [-0.15, -0.1) is 0 Å². The molecule has 0 N–H and O–H groups in total. The summed E-state index contributed by atoms with van der Waals surface area (Å²) in [5.41, 5.74) is 0.980. The molecule has 24 heavy (non-hydrogen) atoms. The maximum atomic E-state index is 13.4. The van der Waals surface area contributed by atoms with Gasteiger partial charge < -0.3 is 4.43 Å². The van der Waals surface area contributed by atoms with Crippen LogP contribution in [-0.2, 0) is 4.43 Å². The van der Waals surface area contributed by atoms with Crippen LogP contribution < -0.4 is 0 Å². The molecule has 1 radical (unpaired) electrons. The Balaban J connectivity index is 1.40. The van der Waals surface area contributed by atoms with Gasteiger partial charge in [-0.2, -0.15) is 0 Å². The number of benzene rings is 1. The third-order valence-corrected chi connectivity index (χ3v) is 8.47. The molecule has 1 nitrogen and oxygen atoms in total. The van der Waals surface area contributed by atoms with Gasteiger partial charge in [0, 0.05) is 7.11 Å². The van der Waals surface area contributed by atoms with Gasteiger partial charge in [-0.1, -0.05) is 31.7 Å². The van der Waals surface area contributed by atoms with Crippen molar-refractivity contribution in [3.63, 3.8) is 0 Å². The fourth-order valence-corrected chi connectivity index (χ4v) is 6.63. The number of halogens is 2. The SMILES string of the molecule is CO[Si]1CCC(CCC2CCC(c3ccc(F)c(F)c3)CC2)CC1. The molecule has 0 amide bonds. The molecule has 2 fully saturated rings. The summed E-state index contributed by atoms with van der Waals surface area (Å²) in [6.07, 6.45) is 10.2. The molecule has 3 rings (SSSR count). The van der Waals surface area contributed by atoms with Crippen molar-refractivity contribution in [2.24, 2.45) is 11.8 Å². The molecule has 1 aromatic rings. The van der Waals surface area contributed by atoms with E-state index in [1.54, 1.807) is 6.07 Å². The van der Waals surface area contributed by atoms with Crippen molar-refractivity contribution in [1.82, 2.24) is 0 Å². The summed E-state index contributed by atoms with van der Waals surface area (Å²) in [6.45, 7) is 0. The average Bonchev–Trinajstić information content (AvgIpc) is 2.63. The molecule has 1 aromatic carbocycles. The molecule has 0 spiro atoms. The Hall–Kier alpha value is -0.743. The third kappa shape index (κ3) is 4.66. The molecule has 2 aliphatic rings. The van der Waals surface area contributed by atoms with Gasteiger partial charge in [-0.3, -0.25) is 0 Å². The second kappa shape index (κ2) is 8.57. The van der Waals surface area contributed by atoms with E-state index in [2.05, 4.69) is 0 Å². The van der Waals surface area contributed by atoms with Crippen molar-refractivity contribution >= 4 is 9.04 Å². The minimum Gasteiger partial charge on any atom is -0.420 e. The quantitative estimate of drug-likeness (QED) is 0.585. The lowest BCUT2D eigenvalue weighted by Crippen LogP contribution is -2.24. The maximum absolute atomic E-state index is 13.4. The second-order valence-electron chi connectivity index (χ2n) is 7.65. The van der Waals surface area contributed by atoms with E-state index in [9.17, 15) is 8.78 Å². The molecular formula is C20H29F2OSi. The Labute approximate surface area is 146 Å². The van der Waals surface area contributed by atoms with Gasteiger partial charge in [-0.05, 0) is 73.2 Å². The van der Waals surface area contributed by atoms with E-state index in [4.69, 9.17) is 4.43 Å². The van der Waals surface area contributed by atoms with Crippen LogP contribution in [0.3, 0.4) is 0 Å². The highest BCUT2D eigenvalue weighted by Crippen LogP contribution is 2.39. The lowest BCUT2D eigenvalue weighted by molar-refractivity contribution is 0.276. The molecule has 1 aliphatic carbocycles. The van der Waals surface area contributed by atoms with Crippen LogP contribution in [0.4, 0.5) is 8.78 Å². The van der Waals surface area contributed by atoms with E-state index in [0.717, 1.165) is 30.2 Å². The van der Waals surface area contributed by atoms with Crippen molar-refractivity contribution in [3.8, 4) is 0 Å². The van der Waals surface area contributed by atoms with Crippen molar-refractivity contribution in [3.05, 3.63) is 35.4 Å². The molecule has 0 atom stereocenters. The van der Waals surface area contributed by atoms with Crippen LogP contribution in [-0.4, -0.2) is 16.2 Å². The molecule has 0 aromatic heterocycles. The highest BCUT2D eigenvalue weighted by Gasteiger charge is 2.26. The zero-order valence-electron chi connectivity index (χ0n) is 14.7. The zero-order chi connectivity index (χ0) is 16.9. The molecule has 133 valence electrons. The Bertz CT molecular complexity index is 520. The van der Waals surface area contributed by atoms with Crippen molar-refractivity contribution in [2.45, 2.75) is 69.4 Å². The van der Waals surface area contributed by atoms with Crippen LogP contribution in [0.2, 0.25) is 12.1 Å². The predicted octanol–water partition coefficient (Wildman–Crippen LogP) is 6.07. The Morgan fingerprint density at radius 1 is 0.917 bits per heavy atom. The normalized spacial score (nSPS) is 26.6. The van der Waals surface area contributed by atoms with Gasteiger partial charge in [0.15, 0.2) is 11.6 Å². The zero-order valence-corrected chi connectivity index (χ0v) is 15.7. The van der Waals surface area contributed by atoms with Gasteiger partial charge in [-0.25, -0.2) is 8.78 Å². The minimum atomic E-state index is -0.738. The Morgan fingerprint density at radius 2 is 1.54 bits per heavy atom. The van der Waals surface area contributed by atoms with E-state index < -0.39 is 20.7 Å². The van der Waals surface area contributed by atoms with E-state index in [0.29, 0.717) is 5.92 Å². The summed E-state index contributed by atoms with van der Waals surface area (Å²) in [7, 11) is 1.41.